The van der Waals surface area contributed by atoms with Crippen LogP contribution < -0.4 is 15.2 Å². The van der Waals surface area contributed by atoms with Crippen LogP contribution in [0.1, 0.15) is 23.8 Å². The SMILES string of the molecule is COc1ccc(C(N)CCc2ccco2)cc1OC. The van der Waals surface area contributed by atoms with Crippen molar-refractivity contribution in [3.8, 4) is 11.5 Å². The van der Waals surface area contributed by atoms with E-state index in [-0.39, 0.29) is 6.04 Å². The molecule has 0 aliphatic carbocycles. The molecule has 1 aromatic heterocycles. The van der Waals surface area contributed by atoms with Gasteiger partial charge in [-0.15, -0.1) is 0 Å². The quantitative estimate of drug-likeness (QED) is 0.868. The number of aryl methyl sites for hydroxylation is 1. The van der Waals surface area contributed by atoms with Gasteiger partial charge >= 0.3 is 0 Å². The topological polar surface area (TPSA) is 57.6 Å². The largest absolute Gasteiger partial charge is 0.493 e. The van der Waals surface area contributed by atoms with Crippen LogP contribution in [0.2, 0.25) is 0 Å². The van der Waals surface area contributed by atoms with E-state index < -0.39 is 0 Å². The highest BCUT2D eigenvalue weighted by Gasteiger charge is 2.11. The molecule has 0 saturated heterocycles. The first-order valence-corrected chi connectivity index (χ1v) is 6.24. The van der Waals surface area contributed by atoms with E-state index in [1.165, 1.54) is 0 Å². The van der Waals surface area contributed by atoms with Gasteiger partial charge in [-0.1, -0.05) is 6.07 Å². The molecule has 1 heterocycles. The highest BCUT2D eigenvalue weighted by atomic mass is 16.5. The summed E-state index contributed by atoms with van der Waals surface area (Å²) >= 11 is 0. The summed E-state index contributed by atoms with van der Waals surface area (Å²) in [4.78, 5) is 0. The molecule has 102 valence electrons. The van der Waals surface area contributed by atoms with Crippen molar-refractivity contribution in [3.05, 3.63) is 47.9 Å². The Balaban J connectivity index is 2.04. The molecule has 0 aliphatic rings. The van der Waals surface area contributed by atoms with Crippen LogP contribution in [0.5, 0.6) is 11.5 Å². The van der Waals surface area contributed by atoms with E-state index in [4.69, 9.17) is 19.6 Å². The number of hydrogen-bond acceptors (Lipinski definition) is 4. The Morgan fingerprint density at radius 2 is 1.95 bits per heavy atom. The molecule has 1 aromatic carbocycles. The number of ether oxygens (including phenoxy) is 2. The molecule has 2 rings (SSSR count). The lowest BCUT2D eigenvalue weighted by atomic mass is 10.0. The molecule has 0 amide bonds. The average Bonchev–Trinajstić information content (AvgIpc) is 2.97. The maximum atomic E-state index is 6.19. The predicted molar refractivity (Wildman–Crippen MR) is 73.5 cm³/mol. The van der Waals surface area contributed by atoms with E-state index in [0.29, 0.717) is 11.5 Å². The van der Waals surface area contributed by atoms with Gasteiger partial charge in [0.05, 0.1) is 20.5 Å². The first kappa shape index (κ1) is 13.5. The van der Waals surface area contributed by atoms with E-state index in [9.17, 15) is 0 Å². The van der Waals surface area contributed by atoms with Crippen LogP contribution in [0, 0.1) is 0 Å². The number of hydrogen-bond donors (Lipinski definition) is 1. The highest BCUT2D eigenvalue weighted by molar-refractivity contribution is 5.43. The zero-order valence-corrected chi connectivity index (χ0v) is 11.3. The average molecular weight is 261 g/mol. The van der Waals surface area contributed by atoms with Crippen molar-refractivity contribution < 1.29 is 13.9 Å². The predicted octanol–water partition coefficient (Wildman–Crippen LogP) is 2.93. The van der Waals surface area contributed by atoms with Crippen LogP contribution in [-0.2, 0) is 6.42 Å². The number of methoxy groups -OCH3 is 2. The molecule has 0 saturated carbocycles. The second kappa shape index (κ2) is 6.29. The summed E-state index contributed by atoms with van der Waals surface area (Å²) < 4.78 is 15.8. The molecule has 4 heteroatoms. The second-order valence-corrected chi connectivity index (χ2v) is 4.34. The smallest absolute Gasteiger partial charge is 0.161 e. The first-order valence-electron chi connectivity index (χ1n) is 6.24. The van der Waals surface area contributed by atoms with Gasteiger partial charge in [0.25, 0.3) is 0 Å². The van der Waals surface area contributed by atoms with Crippen LogP contribution >= 0.6 is 0 Å². The minimum absolute atomic E-state index is 0.0510. The van der Waals surface area contributed by atoms with E-state index in [0.717, 1.165) is 24.2 Å². The van der Waals surface area contributed by atoms with Gasteiger partial charge in [-0.05, 0) is 36.2 Å². The van der Waals surface area contributed by atoms with E-state index >= 15 is 0 Å². The summed E-state index contributed by atoms with van der Waals surface area (Å²) in [7, 11) is 3.24. The Morgan fingerprint density at radius 1 is 1.16 bits per heavy atom. The van der Waals surface area contributed by atoms with Crippen molar-refractivity contribution in [2.24, 2.45) is 5.73 Å². The summed E-state index contributed by atoms with van der Waals surface area (Å²) in [6.45, 7) is 0. The van der Waals surface area contributed by atoms with Gasteiger partial charge in [-0.3, -0.25) is 0 Å². The molecule has 2 aromatic rings. The van der Waals surface area contributed by atoms with Crippen molar-refractivity contribution in [3.63, 3.8) is 0 Å². The van der Waals surface area contributed by atoms with Gasteiger partial charge in [-0.2, -0.15) is 0 Å². The van der Waals surface area contributed by atoms with E-state index in [1.54, 1.807) is 20.5 Å². The minimum Gasteiger partial charge on any atom is -0.493 e. The zero-order valence-electron chi connectivity index (χ0n) is 11.3. The summed E-state index contributed by atoms with van der Waals surface area (Å²) in [6.07, 6.45) is 3.32. The number of furan rings is 1. The molecule has 1 atom stereocenters. The molecule has 1 unspecified atom stereocenters. The van der Waals surface area contributed by atoms with Crippen molar-refractivity contribution in [2.45, 2.75) is 18.9 Å². The van der Waals surface area contributed by atoms with Crippen LogP contribution in [-0.4, -0.2) is 14.2 Å². The van der Waals surface area contributed by atoms with Crippen molar-refractivity contribution in [1.82, 2.24) is 0 Å². The molecule has 0 fully saturated rings. The molecular weight excluding hydrogens is 242 g/mol. The Labute approximate surface area is 113 Å². The normalized spacial score (nSPS) is 12.2. The third-order valence-electron chi connectivity index (χ3n) is 3.12. The summed E-state index contributed by atoms with van der Waals surface area (Å²) in [5.41, 5.74) is 7.22. The molecule has 0 aliphatic heterocycles. The Bertz CT molecular complexity index is 508. The third kappa shape index (κ3) is 3.29. The van der Waals surface area contributed by atoms with Crippen molar-refractivity contribution in [1.29, 1.82) is 0 Å². The molecule has 19 heavy (non-hydrogen) atoms. The van der Waals surface area contributed by atoms with Crippen molar-refractivity contribution >= 4 is 0 Å². The Hall–Kier alpha value is -1.94. The molecule has 0 bridgehead atoms. The van der Waals surface area contributed by atoms with Gasteiger partial charge < -0.3 is 19.6 Å². The van der Waals surface area contributed by atoms with Crippen LogP contribution in [0.25, 0.3) is 0 Å². The fourth-order valence-electron chi connectivity index (χ4n) is 2.00. The maximum absolute atomic E-state index is 6.19. The molecular formula is C15H19NO3. The van der Waals surface area contributed by atoms with Crippen LogP contribution in [0.4, 0.5) is 0 Å². The first-order chi connectivity index (χ1) is 9.24. The number of nitrogens with two attached hydrogens (primary N) is 1. The Morgan fingerprint density at radius 3 is 2.58 bits per heavy atom. The molecule has 2 N–H and O–H groups in total. The molecule has 4 nitrogen and oxygen atoms in total. The molecule has 0 radical (unpaired) electrons. The van der Waals surface area contributed by atoms with Gasteiger partial charge in [0.2, 0.25) is 0 Å². The lowest BCUT2D eigenvalue weighted by molar-refractivity contribution is 0.354. The highest BCUT2D eigenvalue weighted by Crippen LogP contribution is 2.30. The van der Waals surface area contributed by atoms with Crippen LogP contribution in [0.15, 0.2) is 41.0 Å². The minimum atomic E-state index is -0.0510. The number of rotatable bonds is 6. The standard InChI is InChI=1S/C15H19NO3/c1-17-14-8-5-11(10-15(14)18-2)13(16)7-6-12-4-3-9-19-12/h3-5,8-10,13H,6-7,16H2,1-2H3. The van der Waals surface area contributed by atoms with E-state index in [1.807, 2.05) is 30.3 Å². The molecule has 0 spiro atoms. The summed E-state index contributed by atoms with van der Waals surface area (Å²) in [5, 5.41) is 0. The van der Waals surface area contributed by atoms with Gasteiger partial charge in [0.15, 0.2) is 11.5 Å². The fourth-order valence-corrected chi connectivity index (χ4v) is 2.00. The van der Waals surface area contributed by atoms with E-state index in [2.05, 4.69) is 0 Å². The fraction of sp³-hybridized carbons (Fsp3) is 0.333. The second-order valence-electron chi connectivity index (χ2n) is 4.34. The number of benzene rings is 1. The maximum Gasteiger partial charge on any atom is 0.161 e. The Kier molecular flexibility index (Phi) is 4.47. The summed E-state index contributed by atoms with van der Waals surface area (Å²) in [6, 6.07) is 9.56. The van der Waals surface area contributed by atoms with Crippen molar-refractivity contribution in [2.75, 3.05) is 14.2 Å². The van der Waals surface area contributed by atoms with Crippen LogP contribution in [0.3, 0.4) is 0 Å². The van der Waals surface area contributed by atoms with Gasteiger partial charge in [0, 0.05) is 12.5 Å². The third-order valence-corrected chi connectivity index (χ3v) is 3.12. The lowest BCUT2D eigenvalue weighted by Crippen LogP contribution is -2.11. The monoisotopic (exact) mass is 261 g/mol. The lowest BCUT2D eigenvalue weighted by Gasteiger charge is -2.14. The zero-order chi connectivity index (χ0) is 13.7. The summed E-state index contributed by atoms with van der Waals surface area (Å²) in [5.74, 6) is 2.37. The van der Waals surface area contributed by atoms with Gasteiger partial charge in [-0.25, -0.2) is 0 Å². The van der Waals surface area contributed by atoms with Gasteiger partial charge in [0.1, 0.15) is 5.76 Å².